The predicted octanol–water partition coefficient (Wildman–Crippen LogP) is 2.45. The zero-order valence-electron chi connectivity index (χ0n) is 16.0. The van der Waals surface area contributed by atoms with Crippen LogP contribution in [-0.2, 0) is 4.79 Å². The van der Waals surface area contributed by atoms with E-state index >= 15 is 0 Å². The lowest BCUT2D eigenvalue weighted by Gasteiger charge is -2.35. The van der Waals surface area contributed by atoms with E-state index in [-0.39, 0.29) is 17.6 Å². The van der Waals surface area contributed by atoms with Crippen LogP contribution in [0.5, 0.6) is 5.75 Å². The van der Waals surface area contributed by atoms with Crippen LogP contribution in [0.4, 0.5) is 8.78 Å². The van der Waals surface area contributed by atoms with Crippen LogP contribution in [0.2, 0.25) is 0 Å². The van der Waals surface area contributed by atoms with Gasteiger partial charge in [0, 0.05) is 44.8 Å². The number of carbonyl (C=O) groups excluding carboxylic acids is 2. The Balaban J connectivity index is 1.49. The van der Waals surface area contributed by atoms with Crippen LogP contribution in [0.1, 0.15) is 36.0 Å². The van der Waals surface area contributed by atoms with E-state index in [0.717, 1.165) is 25.9 Å². The summed E-state index contributed by atoms with van der Waals surface area (Å²) in [6.45, 7) is 1.41. The van der Waals surface area contributed by atoms with Gasteiger partial charge in [-0.25, -0.2) is 0 Å². The Morgan fingerprint density at radius 3 is 2.25 bits per heavy atom. The van der Waals surface area contributed by atoms with Gasteiger partial charge in [0.15, 0.2) is 0 Å². The van der Waals surface area contributed by atoms with E-state index in [1.807, 2.05) is 4.90 Å². The summed E-state index contributed by atoms with van der Waals surface area (Å²) in [6.07, 6.45) is 4.52. The highest BCUT2D eigenvalue weighted by Crippen LogP contribution is 2.18. The normalized spacial score (nSPS) is 18.8. The van der Waals surface area contributed by atoms with Gasteiger partial charge in [-0.2, -0.15) is 8.78 Å². The van der Waals surface area contributed by atoms with Crippen LogP contribution in [0.3, 0.4) is 0 Å². The maximum absolute atomic E-state index is 12.6. The molecule has 0 aliphatic carbocycles. The van der Waals surface area contributed by atoms with Crippen LogP contribution in [0.15, 0.2) is 24.3 Å². The molecule has 0 spiro atoms. The second-order valence-corrected chi connectivity index (χ2v) is 7.27. The van der Waals surface area contributed by atoms with Crippen molar-refractivity contribution in [3.63, 3.8) is 0 Å². The molecule has 2 aliphatic heterocycles. The summed E-state index contributed by atoms with van der Waals surface area (Å²) in [6, 6.07) is 5.86. The summed E-state index contributed by atoms with van der Waals surface area (Å²) in [5.74, 6) is -0.0701. The molecule has 28 heavy (non-hydrogen) atoms. The first-order chi connectivity index (χ1) is 13.5. The van der Waals surface area contributed by atoms with Crippen molar-refractivity contribution in [3.8, 4) is 5.75 Å². The van der Waals surface area contributed by atoms with E-state index in [2.05, 4.69) is 9.64 Å². The largest absolute Gasteiger partial charge is 0.435 e. The molecule has 2 amide bonds. The third-order valence-electron chi connectivity index (χ3n) is 5.28. The third-order valence-corrected chi connectivity index (χ3v) is 5.28. The van der Waals surface area contributed by atoms with E-state index < -0.39 is 6.61 Å². The molecule has 3 rings (SSSR count). The number of hydrogen-bond donors (Lipinski definition) is 0. The van der Waals surface area contributed by atoms with Crippen molar-refractivity contribution in [1.82, 2.24) is 14.7 Å². The lowest BCUT2D eigenvalue weighted by atomic mass is 10.1. The van der Waals surface area contributed by atoms with Crippen LogP contribution in [0, 0.1) is 0 Å². The zero-order valence-corrected chi connectivity index (χ0v) is 16.0. The molecule has 0 N–H and O–H groups in total. The van der Waals surface area contributed by atoms with Crippen molar-refractivity contribution in [2.45, 2.75) is 32.3 Å². The molecule has 0 saturated carbocycles. The standard InChI is InChI=1S/C20H27F2N3O3/c21-20(22)28-17-7-5-6-16(14-17)19(27)25-12-10-23(11-13-25)15-18(26)24-8-3-1-2-4-9-24/h5-7,14,20H,1-4,8-13,15H2. The first-order valence-electron chi connectivity index (χ1n) is 9.87. The van der Waals surface area contributed by atoms with Crippen LogP contribution in [-0.4, -0.2) is 78.9 Å². The number of amides is 2. The quantitative estimate of drug-likeness (QED) is 0.769. The monoisotopic (exact) mass is 395 g/mol. The molecule has 1 aromatic carbocycles. The third kappa shape index (κ3) is 5.64. The van der Waals surface area contributed by atoms with Gasteiger partial charge in [-0.1, -0.05) is 18.9 Å². The van der Waals surface area contributed by atoms with E-state index in [1.54, 1.807) is 11.0 Å². The highest BCUT2D eigenvalue weighted by molar-refractivity contribution is 5.94. The SMILES string of the molecule is O=C(CN1CCN(C(=O)c2cccc(OC(F)F)c2)CC1)N1CCCCCC1. The van der Waals surface area contributed by atoms with E-state index in [9.17, 15) is 18.4 Å². The van der Waals surface area contributed by atoms with Crippen molar-refractivity contribution in [1.29, 1.82) is 0 Å². The number of ether oxygens (including phenoxy) is 1. The van der Waals surface area contributed by atoms with Crippen molar-refractivity contribution < 1.29 is 23.1 Å². The highest BCUT2D eigenvalue weighted by Gasteiger charge is 2.25. The Morgan fingerprint density at radius 1 is 0.929 bits per heavy atom. The number of piperazine rings is 1. The van der Waals surface area contributed by atoms with Gasteiger partial charge in [0.05, 0.1) is 6.54 Å². The smallest absolute Gasteiger partial charge is 0.387 e. The van der Waals surface area contributed by atoms with Gasteiger partial charge in [0.2, 0.25) is 5.91 Å². The lowest BCUT2D eigenvalue weighted by Crippen LogP contribution is -2.51. The molecule has 2 aliphatic rings. The van der Waals surface area contributed by atoms with Crippen molar-refractivity contribution >= 4 is 11.8 Å². The van der Waals surface area contributed by atoms with E-state index in [1.165, 1.54) is 31.0 Å². The highest BCUT2D eigenvalue weighted by atomic mass is 19.3. The number of nitrogens with zero attached hydrogens (tertiary/aromatic N) is 3. The minimum Gasteiger partial charge on any atom is -0.435 e. The zero-order chi connectivity index (χ0) is 19.9. The Morgan fingerprint density at radius 2 is 1.61 bits per heavy atom. The molecular weight excluding hydrogens is 368 g/mol. The molecule has 8 heteroatoms. The average Bonchev–Trinajstić information content (AvgIpc) is 2.97. The van der Waals surface area contributed by atoms with Gasteiger partial charge in [-0.3, -0.25) is 14.5 Å². The van der Waals surface area contributed by atoms with Gasteiger partial charge >= 0.3 is 6.61 Å². The van der Waals surface area contributed by atoms with Crippen molar-refractivity contribution in [3.05, 3.63) is 29.8 Å². The second kappa shape index (κ2) is 9.82. The van der Waals surface area contributed by atoms with E-state index in [4.69, 9.17) is 0 Å². The maximum Gasteiger partial charge on any atom is 0.387 e. The fourth-order valence-electron chi connectivity index (χ4n) is 3.71. The van der Waals surface area contributed by atoms with Crippen LogP contribution in [0.25, 0.3) is 0 Å². The molecule has 0 atom stereocenters. The van der Waals surface area contributed by atoms with E-state index in [0.29, 0.717) is 38.3 Å². The number of rotatable bonds is 5. The Kier molecular flexibility index (Phi) is 7.19. The summed E-state index contributed by atoms with van der Waals surface area (Å²) < 4.78 is 29.1. The molecule has 2 heterocycles. The first kappa shape index (κ1) is 20.5. The molecule has 0 unspecified atom stereocenters. The van der Waals surface area contributed by atoms with Gasteiger partial charge in [-0.05, 0) is 31.0 Å². The first-order valence-corrected chi connectivity index (χ1v) is 9.87. The van der Waals surface area contributed by atoms with Crippen LogP contribution < -0.4 is 4.74 Å². The number of hydrogen-bond acceptors (Lipinski definition) is 4. The fraction of sp³-hybridized carbons (Fsp3) is 0.600. The maximum atomic E-state index is 12.6. The molecule has 154 valence electrons. The molecule has 6 nitrogen and oxygen atoms in total. The fourth-order valence-corrected chi connectivity index (χ4v) is 3.71. The summed E-state index contributed by atoms with van der Waals surface area (Å²) in [5, 5.41) is 0. The average molecular weight is 395 g/mol. The second-order valence-electron chi connectivity index (χ2n) is 7.27. The number of halogens is 2. The summed E-state index contributed by atoms with van der Waals surface area (Å²) in [4.78, 5) is 30.9. The molecule has 0 aromatic heterocycles. The molecule has 2 fully saturated rings. The molecule has 0 bridgehead atoms. The molecular formula is C20H27F2N3O3. The summed E-state index contributed by atoms with van der Waals surface area (Å²) >= 11 is 0. The van der Waals surface area contributed by atoms with Gasteiger partial charge in [-0.15, -0.1) is 0 Å². The van der Waals surface area contributed by atoms with Gasteiger partial charge < -0.3 is 14.5 Å². The number of likely N-dealkylation sites (tertiary alicyclic amines) is 1. The Hall–Kier alpha value is -2.22. The summed E-state index contributed by atoms with van der Waals surface area (Å²) in [7, 11) is 0. The van der Waals surface area contributed by atoms with Gasteiger partial charge in [0.25, 0.3) is 5.91 Å². The lowest BCUT2D eigenvalue weighted by molar-refractivity contribution is -0.132. The molecule has 1 aromatic rings. The topological polar surface area (TPSA) is 53.1 Å². The number of alkyl halides is 2. The van der Waals surface area contributed by atoms with Gasteiger partial charge in [0.1, 0.15) is 5.75 Å². The van der Waals surface area contributed by atoms with Crippen molar-refractivity contribution in [2.75, 3.05) is 45.8 Å². The predicted molar refractivity (Wildman–Crippen MR) is 100 cm³/mol. The summed E-state index contributed by atoms with van der Waals surface area (Å²) in [5.41, 5.74) is 0.326. The Bertz CT molecular complexity index is 670. The molecule has 2 saturated heterocycles. The number of carbonyl (C=O) groups is 2. The molecule has 0 radical (unpaired) electrons. The Labute approximate surface area is 164 Å². The number of benzene rings is 1. The minimum absolute atomic E-state index is 0.0254. The van der Waals surface area contributed by atoms with Crippen LogP contribution >= 0.6 is 0 Å². The minimum atomic E-state index is -2.92. The van der Waals surface area contributed by atoms with Crippen molar-refractivity contribution in [2.24, 2.45) is 0 Å².